The number of methoxy groups -OCH3 is 1. The number of ether oxygens (including phenoxy) is 2. The van der Waals surface area contributed by atoms with Gasteiger partial charge in [0.15, 0.2) is 5.92 Å². The van der Waals surface area contributed by atoms with E-state index in [4.69, 9.17) is 26.1 Å². The first-order chi connectivity index (χ1) is 16.0. The van der Waals surface area contributed by atoms with Crippen LogP contribution in [0.15, 0.2) is 53.5 Å². The molecule has 33 heavy (non-hydrogen) atoms. The maximum Gasteiger partial charge on any atom is 0.321 e. The van der Waals surface area contributed by atoms with Crippen molar-refractivity contribution in [3.63, 3.8) is 0 Å². The van der Waals surface area contributed by atoms with Crippen LogP contribution < -0.4 is 15.0 Å². The van der Waals surface area contributed by atoms with Crippen molar-refractivity contribution >= 4 is 35.1 Å². The fourth-order valence-corrected chi connectivity index (χ4v) is 4.24. The third-order valence-corrected chi connectivity index (χ3v) is 6.10. The summed E-state index contributed by atoms with van der Waals surface area (Å²) in [5, 5.41) is 3.40. The van der Waals surface area contributed by atoms with Crippen molar-refractivity contribution in [3.05, 3.63) is 59.1 Å². The van der Waals surface area contributed by atoms with Crippen molar-refractivity contribution in [1.29, 1.82) is 0 Å². The number of anilines is 1. The number of rotatable bonds is 5. The van der Waals surface area contributed by atoms with Crippen molar-refractivity contribution in [2.24, 2.45) is 10.9 Å². The number of hydrogen-bond donors (Lipinski definition) is 1. The lowest BCUT2D eigenvalue weighted by molar-refractivity contribution is -0.153. The first-order valence-electron chi connectivity index (χ1n) is 10.9. The number of amides is 1. The van der Waals surface area contributed by atoms with Gasteiger partial charge in [0.05, 0.1) is 13.7 Å². The van der Waals surface area contributed by atoms with Gasteiger partial charge in [-0.1, -0.05) is 29.8 Å². The number of carbonyl (C=O) groups is 2. The molecular weight excluding hydrogens is 444 g/mol. The smallest absolute Gasteiger partial charge is 0.321 e. The number of piperazine rings is 1. The van der Waals surface area contributed by atoms with E-state index in [0.717, 1.165) is 30.1 Å². The van der Waals surface area contributed by atoms with Gasteiger partial charge < -0.3 is 19.3 Å². The number of halogens is 1. The van der Waals surface area contributed by atoms with Crippen molar-refractivity contribution in [2.45, 2.75) is 13.0 Å². The Bertz CT molecular complexity index is 1040. The minimum Gasteiger partial charge on any atom is -0.497 e. The molecule has 0 aromatic heterocycles. The first kappa shape index (κ1) is 22.9. The quantitative estimate of drug-likeness (QED) is 0.534. The molecule has 1 saturated heterocycles. The molecule has 2 atom stereocenters. The van der Waals surface area contributed by atoms with E-state index < -0.39 is 23.8 Å². The molecule has 2 aliphatic rings. The summed E-state index contributed by atoms with van der Waals surface area (Å²) in [5.74, 6) is -0.748. The maximum atomic E-state index is 13.0. The van der Waals surface area contributed by atoms with Crippen LogP contribution in [0.25, 0.3) is 0 Å². The molecule has 0 unspecified atom stereocenters. The third kappa shape index (κ3) is 5.06. The molecule has 1 N–H and O–H groups in total. The number of nitrogens with one attached hydrogen (secondary N) is 1. The van der Waals surface area contributed by atoms with Gasteiger partial charge in [0.1, 0.15) is 11.8 Å². The summed E-state index contributed by atoms with van der Waals surface area (Å²) in [5.41, 5.74) is 1.82. The SMILES string of the molecule is CCOC(=O)[C@@H]1C(=O)NC(N2CCN(c3cccc(OC)c3)CC2)=N[C@@H]1c1ccc(Cl)cc1. The van der Waals surface area contributed by atoms with Crippen LogP contribution in [0.1, 0.15) is 18.5 Å². The molecule has 0 bridgehead atoms. The summed E-state index contributed by atoms with van der Waals surface area (Å²) in [4.78, 5) is 34.7. The molecule has 1 amide bonds. The Labute approximate surface area is 198 Å². The zero-order chi connectivity index (χ0) is 23.4. The highest BCUT2D eigenvalue weighted by atomic mass is 35.5. The van der Waals surface area contributed by atoms with Crippen molar-refractivity contribution in [3.8, 4) is 5.75 Å². The Kier molecular flexibility index (Phi) is 7.03. The van der Waals surface area contributed by atoms with E-state index in [-0.39, 0.29) is 6.61 Å². The number of nitrogens with zero attached hydrogens (tertiary/aromatic N) is 3. The van der Waals surface area contributed by atoms with Crippen molar-refractivity contribution < 1.29 is 19.1 Å². The second kappa shape index (κ2) is 10.1. The minimum absolute atomic E-state index is 0.193. The average molecular weight is 471 g/mol. The summed E-state index contributed by atoms with van der Waals surface area (Å²) in [6, 6.07) is 14.3. The monoisotopic (exact) mass is 470 g/mol. The van der Waals surface area contributed by atoms with Gasteiger partial charge in [0.25, 0.3) is 0 Å². The normalized spacial score (nSPS) is 20.7. The fraction of sp³-hybridized carbons (Fsp3) is 0.375. The Morgan fingerprint density at radius 2 is 1.82 bits per heavy atom. The summed E-state index contributed by atoms with van der Waals surface area (Å²) in [7, 11) is 1.65. The first-order valence-corrected chi connectivity index (χ1v) is 11.3. The molecule has 2 heterocycles. The van der Waals surface area contributed by atoms with Crippen LogP contribution in [0.2, 0.25) is 5.02 Å². The number of carbonyl (C=O) groups excluding carboxylic acids is 2. The van der Waals surface area contributed by atoms with Gasteiger partial charge in [-0.15, -0.1) is 0 Å². The summed E-state index contributed by atoms with van der Waals surface area (Å²) >= 11 is 6.03. The third-order valence-electron chi connectivity index (χ3n) is 5.84. The van der Waals surface area contributed by atoms with Crippen molar-refractivity contribution in [1.82, 2.24) is 10.2 Å². The van der Waals surface area contributed by atoms with Gasteiger partial charge in [-0.3, -0.25) is 14.9 Å². The number of esters is 1. The topological polar surface area (TPSA) is 83.5 Å². The van der Waals surface area contributed by atoms with E-state index >= 15 is 0 Å². The number of guanidine groups is 1. The summed E-state index contributed by atoms with van der Waals surface area (Å²) in [6.07, 6.45) is 0. The number of benzene rings is 2. The molecule has 0 saturated carbocycles. The molecule has 2 aliphatic heterocycles. The zero-order valence-electron chi connectivity index (χ0n) is 18.7. The van der Waals surface area contributed by atoms with Gasteiger partial charge in [0.2, 0.25) is 11.9 Å². The largest absolute Gasteiger partial charge is 0.497 e. The van der Waals surface area contributed by atoms with E-state index in [2.05, 4.69) is 16.3 Å². The van der Waals surface area contributed by atoms with Crippen LogP contribution >= 0.6 is 11.6 Å². The van der Waals surface area contributed by atoms with Crippen molar-refractivity contribution in [2.75, 3.05) is 44.8 Å². The molecule has 174 valence electrons. The Morgan fingerprint density at radius 1 is 1.12 bits per heavy atom. The molecule has 0 spiro atoms. The molecule has 4 rings (SSSR count). The van der Waals surface area contributed by atoms with Gasteiger partial charge in [-0.2, -0.15) is 0 Å². The lowest BCUT2D eigenvalue weighted by atomic mass is 9.91. The highest BCUT2D eigenvalue weighted by Crippen LogP contribution is 2.32. The predicted molar refractivity (Wildman–Crippen MR) is 127 cm³/mol. The average Bonchev–Trinajstić information content (AvgIpc) is 2.84. The molecular formula is C24H27ClN4O4. The number of aliphatic imine (C=N–C) groups is 1. The zero-order valence-corrected chi connectivity index (χ0v) is 19.4. The van der Waals surface area contributed by atoms with E-state index in [1.54, 1.807) is 38.3 Å². The van der Waals surface area contributed by atoms with Gasteiger partial charge in [0, 0.05) is 43.0 Å². The maximum absolute atomic E-state index is 13.0. The molecule has 2 aromatic carbocycles. The van der Waals surface area contributed by atoms with Crippen LogP contribution in [0.3, 0.4) is 0 Å². The van der Waals surface area contributed by atoms with Gasteiger partial charge in [-0.25, -0.2) is 4.99 Å². The fourth-order valence-electron chi connectivity index (χ4n) is 4.11. The lowest BCUT2D eigenvalue weighted by Crippen LogP contribution is -2.57. The summed E-state index contributed by atoms with van der Waals surface area (Å²) < 4.78 is 10.5. The second-order valence-electron chi connectivity index (χ2n) is 7.84. The molecule has 1 fully saturated rings. The molecule has 8 nitrogen and oxygen atoms in total. The van der Waals surface area contributed by atoms with E-state index in [9.17, 15) is 9.59 Å². The molecule has 2 aromatic rings. The van der Waals surface area contributed by atoms with Gasteiger partial charge >= 0.3 is 5.97 Å². The van der Waals surface area contributed by atoms with Crippen LogP contribution in [0, 0.1) is 5.92 Å². The Balaban J connectivity index is 1.54. The highest BCUT2D eigenvalue weighted by Gasteiger charge is 2.42. The van der Waals surface area contributed by atoms with Crippen LogP contribution in [-0.2, 0) is 14.3 Å². The Morgan fingerprint density at radius 3 is 2.48 bits per heavy atom. The minimum atomic E-state index is -1.05. The Hall–Kier alpha value is -3.26. The summed E-state index contributed by atoms with van der Waals surface area (Å²) in [6.45, 7) is 4.77. The second-order valence-corrected chi connectivity index (χ2v) is 8.28. The van der Waals surface area contributed by atoms with Gasteiger partial charge in [-0.05, 0) is 36.8 Å². The highest BCUT2D eigenvalue weighted by molar-refractivity contribution is 6.30. The predicted octanol–water partition coefficient (Wildman–Crippen LogP) is 2.88. The van der Waals surface area contributed by atoms with Crippen LogP contribution in [-0.4, -0.2) is 62.6 Å². The molecule has 0 aliphatic carbocycles. The van der Waals surface area contributed by atoms with Crippen LogP contribution in [0.5, 0.6) is 5.75 Å². The van der Waals surface area contributed by atoms with E-state index in [0.29, 0.717) is 24.1 Å². The van der Waals surface area contributed by atoms with Crippen LogP contribution in [0.4, 0.5) is 5.69 Å². The molecule has 9 heteroatoms. The standard InChI is InChI=1S/C24H27ClN4O4/c1-3-33-23(31)20-21(16-7-9-17(25)10-8-16)26-24(27-22(20)30)29-13-11-28(12-14-29)18-5-4-6-19(15-18)32-2/h4-10,15,20-21H,3,11-14H2,1-2H3,(H,26,27,30)/t20-,21+/m0/s1. The van der Waals surface area contributed by atoms with E-state index in [1.165, 1.54) is 0 Å². The molecule has 0 radical (unpaired) electrons. The lowest BCUT2D eigenvalue weighted by Gasteiger charge is -2.39. The number of hydrogen-bond acceptors (Lipinski definition) is 7. The van der Waals surface area contributed by atoms with E-state index in [1.807, 2.05) is 23.1 Å².